The fourth-order valence-electron chi connectivity index (χ4n) is 1.56. The SMILES string of the molecule is Nc1cn(Cc2nc(-c3ccc(Cl)cc3)no2)nn1. The molecule has 0 saturated heterocycles. The number of benzene rings is 1. The number of hydrogen-bond acceptors (Lipinski definition) is 6. The molecule has 0 amide bonds. The van der Waals surface area contributed by atoms with Crippen LogP contribution in [0.3, 0.4) is 0 Å². The summed E-state index contributed by atoms with van der Waals surface area (Å²) in [6.07, 6.45) is 1.59. The monoisotopic (exact) mass is 276 g/mol. The third-order valence-electron chi connectivity index (χ3n) is 2.42. The van der Waals surface area contributed by atoms with Crippen LogP contribution in [0.25, 0.3) is 11.4 Å². The second-order valence-electron chi connectivity index (χ2n) is 3.86. The molecule has 2 N–H and O–H groups in total. The summed E-state index contributed by atoms with van der Waals surface area (Å²) in [4.78, 5) is 4.26. The zero-order valence-electron chi connectivity index (χ0n) is 9.69. The quantitative estimate of drug-likeness (QED) is 0.781. The van der Waals surface area contributed by atoms with Gasteiger partial charge < -0.3 is 10.3 Å². The van der Waals surface area contributed by atoms with Crippen molar-refractivity contribution in [2.45, 2.75) is 6.54 Å². The predicted octanol–water partition coefficient (Wildman–Crippen LogP) is 1.61. The zero-order valence-corrected chi connectivity index (χ0v) is 10.4. The van der Waals surface area contributed by atoms with Crippen LogP contribution in [0.2, 0.25) is 5.02 Å². The summed E-state index contributed by atoms with van der Waals surface area (Å²) in [7, 11) is 0. The van der Waals surface area contributed by atoms with E-state index in [0.29, 0.717) is 29.1 Å². The van der Waals surface area contributed by atoms with Gasteiger partial charge in [0.2, 0.25) is 11.7 Å². The minimum Gasteiger partial charge on any atom is -0.381 e. The molecule has 2 aromatic heterocycles. The standard InChI is InChI=1S/C11H9ClN6O/c12-8-3-1-7(2-4-8)11-14-10(19-16-11)6-18-5-9(13)15-17-18/h1-5H,6,13H2. The highest BCUT2D eigenvalue weighted by atomic mass is 35.5. The average Bonchev–Trinajstić information content (AvgIpc) is 3.00. The van der Waals surface area contributed by atoms with E-state index in [2.05, 4.69) is 20.5 Å². The third kappa shape index (κ3) is 2.55. The lowest BCUT2D eigenvalue weighted by Gasteiger charge is -1.93. The van der Waals surface area contributed by atoms with Crippen LogP contribution >= 0.6 is 11.6 Å². The van der Waals surface area contributed by atoms with Crippen molar-refractivity contribution < 1.29 is 4.52 Å². The van der Waals surface area contributed by atoms with Crippen molar-refractivity contribution in [1.29, 1.82) is 0 Å². The van der Waals surface area contributed by atoms with E-state index in [4.69, 9.17) is 21.9 Å². The molecule has 8 heteroatoms. The third-order valence-corrected chi connectivity index (χ3v) is 2.68. The van der Waals surface area contributed by atoms with E-state index in [0.717, 1.165) is 5.56 Å². The van der Waals surface area contributed by atoms with Gasteiger partial charge in [0.1, 0.15) is 6.54 Å². The second-order valence-corrected chi connectivity index (χ2v) is 4.30. The summed E-state index contributed by atoms with van der Waals surface area (Å²) in [5, 5.41) is 12.0. The fourth-order valence-corrected chi connectivity index (χ4v) is 1.69. The van der Waals surface area contributed by atoms with E-state index in [1.54, 1.807) is 18.3 Å². The van der Waals surface area contributed by atoms with Gasteiger partial charge in [-0.3, -0.25) is 0 Å². The molecule has 19 heavy (non-hydrogen) atoms. The highest BCUT2D eigenvalue weighted by Crippen LogP contribution is 2.18. The molecule has 0 aliphatic heterocycles. The summed E-state index contributed by atoms with van der Waals surface area (Å²) >= 11 is 5.82. The molecule has 0 spiro atoms. The molecule has 0 atom stereocenters. The zero-order chi connectivity index (χ0) is 13.2. The Hall–Kier alpha value is -2.41. The Morgan fingerprint density at radius 3 is 2.74 bits per heavy atom. The van der Waals surface area contributed by atoms with Gasteiger partial charge in [0.15, 0.2) is 5.82 Å². The molecule has 1 aromatic carbocycles. The maximum absolute atomic E-state index is 5.82. The minimum absolute atomic E-state index is 0.324. The van der Waals surface area contributed by atoms with Crippen molar-refractivity contribution in [1.82, 2.24) is 25.1 Å². The Balaban J connectivity index is 1.81. The van der Waals surface area contributed by atoms with Crippen molar-refractivity contribution in [2.24, 2.45) is 0 Å². The normalized spacial score (nSPS) is 10.8. The summed E-state index contributed by atoms with van der Waals surface area (Å²) in [5.74, 6) is 1.27. The lowest BCUT2D eigenvalue weighted by Crippen LogP contribution is -2.00. The number of nitrogens with two attached hydrogens (primary N) is 1. The molecule has 0 fully saturated rings. The number of rotatable bonds is 3. The number of halogens is 1. The summed E-state index contributed by atoms with van der Waals surface area (Å²) in [6.45, 7) is 0.324. The van der Waals surface area contributed by atoms with Crippen molar-refractivity contribution in [3.05, 3.63) is 41.4 Å². The molecule has 7 nitrogen and oxygen atoms in total. The van der Waals surface area contributed by atoms with Crippen LogP contribution in [0.1, 0.15) is 5.89 Å². The molecule has 96 valence electrons. The Morgan fingerprint density at radius 2 is 2.05 bits per heavy atom. The highest BCUT2D eigenvalue weighted by Gasteiger charge is 2.09. The van der Waals surface area contributed by atoms with E-state index in [1.165, 1.54) is 4.68 Å². The van der Waals surface area contributed by atoms with Gasteiger partial charge >= 0.3 is 0 Å². The van der Waals surface area contributed by atoms with Crippen LogP contribution in [0.4, 0.5) is 5.82 Å². The maximum atomic E-state index is 5.82. The van der Waals surface area contributed by atoms with Crippen molar-refractivity contribution in [2.75, 3.05) is 5.73 Å². The van der Waals surface area contributed by atoms with Gasteiger partial charge in [-0.05, 0) is 24.3 Å². The predicted molar refractivity (Wildman–Crippen MR) is 68.3 cm³/mol. The first-order valence-electron chi connectivity index (χ1n) is 5.45. The Labute approximate surface area is 113 Å². The molecular weight excluding hydrogens is 268 g/mol. The number of aromatic nitrogens is 5. The Morgan fingerprint density at radius 1 is 1.26 bits per heavy atom. The molecule has 0 saturated carbocycles. The lowest BCUT2D eigenvalue weighted by molar-refractivity contribution is 0.364. The van der Waals surface area contributed by atoms with Crippen LogP contribution in [-0.4, -0.2) is 25.1 Å². The van der Waals surface area contributed by atoms with Crippen LogP contribution in [0.15, 0.2) is 35.0 Å². The van der Waals surface area contributed by atoms with Crippen LogP contribution in [0, 0.1) is 0 Å². The number of hydrogen-bond donors (Lipinski definition) is 1. The van der Waals surface area contributed by atoms with Gasteiger partial charge in [-0.2, -0.15) is 4.98 Å². The first kappa shape index (κ1) is 11.7. The Kier molecular flexibility index (Phi) is 2.88. The highest BCUT2D eigenvalue weighted by molar-refractivity contribution is 6.30. The summed E-state index contributed by atoms with van der Waals surface area (Å²) in [5.41, 5.74) is 6.30. The Bertz CT molecular complexity index is 689. The van der Waals surface area contributed by atoms with E-state index in [1.807, 2.05) is 12.1 Å². The number of nitrogens with zero attached hydrogens (tertiary/aromatic N) is 5. The summed E-state index contributed by atoms with van der Waals surface area (Å²) < 4.78 is 6.66. The molecule has 3 aromatic rings. The first-order valence-corrected chi connectivity index (χ1v) is 5.82. The van der Waals surface area contributed by atoms with Crippen molar-refractivity contribution in [3.63, 3.8) is 0 Å². The van der Waals surface area contributed by atoms with E-state index in [9.17, 15) is 0 Å². The van der Waals surface area contributed by atoms with Gasteiger partial charge in [-0.15, -0.1) is 5.10 Å². The van der Waals surface area contributed by atoms with Gasteiger partial charge in [0, 0.05) is 10.6 Å². The summed E-state index contributed by atoms with van der Waals surface area (Å²) in [6, 6.07) is 7.19. The first-order chi connectivity index (χ1) is 9.20. The average molecular weight is 277 g/mol. The molecule has 3 rings (SSSR count). The second kappa shape index (κ2) is 4.69. The fraction of sp³-hybridized carbons (Fsp3) is 0.0909. The van der Waals surface area contributed by atoms with Gasteiger partial charge in [0.05, 0.1) is 6.20 Å². The van der Waals surface area contributed by atoms with Gasteiger partial charge in [0.25, 0.3) is 0 Å². The largest absolute Gasteiger partial charge is 0.381 e. The van der Waals surface area contributed by atoms with Crippen LogP contribution < -0.4 is 5.73 Å². The lowest BCUT2D eigenvalue weighted by atomic mass is 10.2. The van der Waals surface area contributed by atoms with E-state index < -0.39 is 0 Å². The van der Waals surface area contributed by atoms with E-state index in [-0.39, 0.29) is 0 Å². The van der Waals surface area contributed by atoms with Gasteiger partial charge in [-0.1, -0.05) is 22.0 Å². The molecule has 0 aliphatic rings. The smallest absolute Gasteiger partial charge is 0.248 e. The van der Waals surface area contributed by atoms with Crippen LogP contribution in [0.5, 0.6) is 0 Å². The number of nitrogen functional groups attached to an aromatic ring is 1. The molecule has 0 aliphatic carbocycles. The maximum Gasteiger partial charge on any atom is 0.248 e. The van der Waals surface area contributed by atoms with Crippen molar-refractivity contribution >= 4 is 17.4 Å². The number of anilines is 1. The van der Waals surface area contributed by atoms with Gasteiger partial charge in [-0.25, -0.2) is 4.68 Å². The van der Waals surface area contributed by atoms with Crippen molar-refractivity contribution in [3.8, 4) is 11.4 Å². The molecule has 0 bridgehead atoms. The minimum atomic E-state index is 0.324. The molecule has 0 unspecified atom stereocenters. The topological polar surface area (TPSA) is 95.7 Å². The van der Waals surface area contributed by atoms with E-state index >= 15 is 0 Å². The molecule has 2 heterocycles. The molecular formula is C11H9ClN6O. The molecule has 0 radical (unpaired) electrons. The van der Waals surface area contributed by atoms with Crippen LogP contribution in [-0.2, 0) is 6.54 Å².